The molecule has 21 aromatic carbocycles. The van der Waals surface area contributed by atoms with Gasteiger partial charge < -0.3 is 18.6 Å². The molecule has 0 aliphatic carbocycles. The lowest BCUT2D eigenvalue weighted by Crippen LogP contribution is -2.12. The van der Waals surface area contributed by atoms with Crippen molar-refractivity contribution in [2.24, 2.45) is 0 Å². The van der Waals surface area contributed by atoms with Gasteiger partial charge in [0.15, 0.2) is 0 Å². The van der Waals surface area contributed by atoms with Crippen LogP contribution in [0.3, 0.4) is 0 Å². The van der Waals surface area contributed by atoms with Gasteiger partial charge in [0.05, 0.1) is 17.1 Å². The van der Waals surface area contributed by atoms with E-state index in [1.54, 1.807) is 0 Å². The highest BCUT2D eigenvalue weighted by Crippen LogP contribution is 2.51. The summed E-state index contributed by atoms with van der Waals surface area (Å²) in [5, 5.41) is 21.8. The lowest BCUT2D eigenvalue weighted by atomic mass is 9.93. The van der Waals surface area contributed by atoms with Crippen molar-refractivity contribution in [1.82, 2.24) is 0 Å². The largest absolute Gasteiger partial charge is 0.456 e. The van der Waals surface area contributed by atoms with Gasteiger partial charge in [0.2, 0.25) is 0 Å². The van der Waals surface area contributed by atoms with Gasteiger partial charge in [-0.15, -0.1) is 22.7 Å². The molecular weight excluding hydrogens is 1520 g/mol. The molecule has 0 fully saturated rings. The monoisotopic (exact) mass is 1590 g/mol. The molecule has 122 heavy (non-hydrogen) atoms. The maximum atomic E-state index is 6.89. The number of anilines is 6. The van der Waals surface area contributed by atoms with E-state index in [1.807, 2.05) is 34.8 Å². The molecule has 4 heterocycles. The van der Waals surface area contributed by atoms with Gasteiger partial charge in [-0.2, -0.15) is 0 Å². The smallest absolute Gasteiger partial charge is 0.143 e. The van der Waals surface area contributed by atoms with Crippen molar-refractivity contribution in [2.45, 2.75) is 0 Å². The van der Waals surface area contributed by atoms with Crippen molar-refractivity contribution in [3.8, 4) is 66.8 Å². The molecule has 0 spiro atoms. The predicted molar refractivity (Wildman–Crippen MR) is 523 cm³/mol. The highest BCUT2D eigenvalue weighted by Gasteiger charge is 2.26. The molecule has 4 nitrogen and oxygen atoms in total. The summed E-state index contributed by atoms with van der Waals surface area (Å²) >= 11 is 3.76. The minimum atomic E-state index is 0.906. The standard InChI is InChI=1S/C58H35NOS.C58H37NOS/c1-3-16-40-36(13-1)15-11-25-52(40)59(53-32-30-39(42-18-5-7-20-45(42)53)38-28-34-56-51(35-38)47-22-9-10-26-55(47)61-56)54-33-31-44(43-19-6-8-21-46(43)54)48-23-12-24-49-50-29-27-37-14-2-4-17-41(37)57(50)60-58(48)49;1-2-9-38(10-3-1)39-17-19-40(20-18-39)41-21-29-46(30-22-41)59(47-31-23-42(24-32-47)45-28-36-56-54(37-45)51-13-6-7-16-55(51)60-56)48-33-25-44(26-34-48)50-14-8-15-52-53-35-27-43-11-4-5-12-49(43)58(53)61-57(50)52/h1-35H;1-37H. The Bertz CT molecular complexity index is 8440. The van der Waals surface area contributed by atoms with Crippen molar-refractivity contribution >= 4 is 195 Å². The lowest BCUT2D eigenvalue weighted by molar-refractivity contribution is 0.669. The molecule has 0 aliphatic heterocycles. The van der Waals surface area contributed by atoms with Gasteiger partial charge in [-0.25, -0.2) is 0 Å². The molecule has 25 aromatic rings. The molecule has 25 rings (SSSR count). The Morgan fingerprint density at radius 1 is 0.172 bits per heavy atom. The van der Waals surface area contributed by atoms with E-state index in [2.05, 4.69) is 434 Å². The fraction of sp³-hybridized carbons (Fsp3) is 0. The first-order chi connectivity index (χ1) is 60.5. The Balaban J connectivity index is 0.000000138. The molecule has 4 aromatic heterocycles. The van der Waals surface area contributed by atoms with Gasteiger partial charge in [-0.3, -0.25) is 0 Å². The minimum Gasteiger partial charge on any atom is -0.456 e. The molecule has 0 aliphatic rings. The van der Waals surface area contributed by atoms with Gasteiger partial charge in [-0.1, -0.05) is 340 Å². The SMILES string of the molecule is c1ccc(-c2ccc(-c3ccc(N(c4ccc(-c5ccc6oc7ccccc7c6c5)cc4)c4ccc(-c5cccc6c5sc5c7ccccc7ccc65)cc4)cc3)cc2)cc1.c1ccc2c(N(c3ccc(-c4ccc5sc6ccccc6c5c4)c4ccccc34)c3ccc(-c4cccc5c4oc4c6ccccc6ccc54)c4ccccc34)cccc2c1. The van der Waals surface area contributed by atoms with E-state index in [-0.39, 0.29) is 0 Å². The summed E-state index contributed by atoms with van der Waals surface area (Å²) in [6, 6.07) is 159. The van der Waals surface area contributed by atoms with E-state index in [0.29, 0.717) is 0 Å². The van der Waals surface area contributed by atoms with E-state index in [0.717, 1.165) is 111 Å². The molecular formula is C116H72N2O2S2. The molecule has 0 radical (unpaired) electrons. The normalized spacial score (nSPS) is 11.8. The van der Waals surface area contributed by atoms with Crippen LogP contribution in [0, 0.1) is 0 Å². The highest BCUT2D eigenvalue weighted by molar-refractivity contribution is 7.27. The Kier molecular flexibility index (Phi) is 17.0. The summed E-state index contributed by atoms with van der Waals surface area (Å²) in [4.78, 5) is 4.85. The second kappa shape index (κ2) is 29.3. The topological polar surface area (TPSA) is 32.8 Å². The summed E-state index contributed by atoms with van der Waals surface area (Å²) in [6.07, 6.45) is 0. The van der Waals surface area contributed by atoms with E-state index in [9.17, 15) is 0 Å². The van der Waals surface area contributed by atoms with Crippen LogP contribution in [0.4, 0.5) is 34.1 Å². The van der Waals surface area contributed by atoms with Gasteiger partial charge in [0.1, 0.15) is 22.3 Å². The molecule has 0 atom stereocenters. The van der Waals surface area contributed by atoms with Crippen molar-refractivity contribution in [3.05, 3.63) is 437 Å². The van der Waals surface area contributed by atoms with Gasteiger partial charge in [-0.05, 0) is 191 Å². The summed E-state index contributed by atoms with van der Waals surface area (Å²) in [7, 11) is 0. The van der Waals surface area contributed by atoms with Crippen LogP contribution in [0.15, 0.2) is 446 Å². The van der Waals surface area contributed by atoms with E-state index in [4.69, 9.17) is 8.83 Å². The number of nitrogens with zero attached hydrogens (tertiary/aromatic N) is 2. The quantitative estimate of drug-likeness (QED) is 0.122. The number of hydrogen-bond acceptors (Lipinski definition) is 6. The molecule has 0 unspecified atom stereocenters. The number of hydrogen-bond donors (Lipinski definition) is 0. The summed E-state index contributed by atoms with van der Waals surface area (Å²) in [5.41, 5.74) is 24.6. The first-order valence-corrected chi connectivity index (χ1v) is 43.2. The lowest BCUT2D eigenvalue weighted by Gasteiger charge is -2.30. The number of furan rings is 2. The Morgan fingerprint density at radius 3 is 1.30 bits per heavy atom. The molecule has 0 amide bonds. The number of fused-ring (bicyclic) bond motifs is 19. The van der Waals surface area contributed by atoms with Crippen LogP contribution in [0.5, 0.6) is 0 Å². The van der Waals surface area contributed by atoms with Crippen molar-refractivity contribution in [1.29, 1.82) is 0 Å². The summed E-state index contributed by atoms with van der Waals surface area (Å²) < 4.78 is 18.3. The Labute approximate surface area is 711 Å². The zero-order valence-electron chi connectivity index (χ0n) is 66.1. The van der Waals surface area contributed by atoms with Gasteiger partial charge >= 0.3 is 0 Å². The second-order valence-electron chi connectivity index (χ2n) is 31.6. The zero-order valence-corrected chi connectivity index (χ0v) is 67.7. The predicted octanol–water partition coefficient (Wildman–Crippen LogP) is 34.6. The average molecular weight is 1590 g/mol. The third kappa shape index (κ3) is 12.0. The molecule has 0 N–H and O–H groups in total. The maximum Gasteiger partial charge on any atom is 0.143 e. The maximum absolute atomic E-state index is 6.89. The van der Waals surface area contributed by atoms with Crippen LogP contribution in [0.2, 0.25) is 0 Å². The number of benzene rings is 21. The van der Waals surface area contributed by atoms with Crippen LogP contribution < -0.4 is 9.80 Å². The number of rotatable bonds is 12. The van der Waals surface area contributed by atoms with Crippen LogP contribution in [-0.4, -0.2) is 0 Å². The van der Waals surface area contributed by atoms with Gasteiger partial charge in [0.25, 0.3) is 0 Å². The minimum absolute atomic E-state index is 0.906. The van der Waals surface area contributed by atoms with Crippen LogP contribution in [0.1, 0.15) is 0 Å². The third-order valence-electron chi connectivity index (χ3n) is 24.8. The highest BCUT2D eigenvalue weighted by atomic mass is 32.1. The van der Waals surface area contributed by atoms with Crippen LogP contribution >= 0.6 is 22.7 Å². The van der Waals surface area contributed by atoms with Crippen molar-refractivity contribution < 1.29 is 8.83 Å². The fourth-order valence-electron chi connectivity index (χ4n) is 18.9. The van der Waals surface area contributed by atoms with Crippen LogP contribution in [0.25, 0.3) is 205 Å². The molecule has 0 saturated carbocycles. The Hall–Kier alpha value is -15.4. The van der Waals surface area contributed by atoms with Crippen LogP contribution in [-0.2, 0) is 0 Å². The zero-order chi connectivity index (χ0) is 80.3. The first kappa shape index (κ1) is 70.7. The number of thiophene rings is 2. The second-order valence-corrected chi connectivity index (χ2v) is 33.7. The average Bonchev–Trinajstić information content (AvgIpc) is 1.71. The van der Waals surface area contributed by atoms with Crippen molar-refractivity contribution in [3.63, 3.8) is 0 Å². The molecule has 570 valence electrons. The number of para-hydroxylation sites is 2. The van der Waals surface area contributed by atoms with E-state index < -0.39 is 0 Å². The van der Waals surface area contributed by atoms with Crippen molar-refractivity contribution in [2.75, 3.05) is 9.80 Å². The molecule has 6 heteroatoms. The van der Waals surface area contributed by atoms with E-state index in [1.165, 1.54) is 128 Å². The first-order valence-electron chi connectivity index (χ1n) is 41.6. The Morgan fingerprint density at radius 2 is 0.607 bits per heavy atom. The fourth-order valence-corrected chi connectivity index (χ4v) is 21.3. The van der Waals surface area contributed by atoms with E-state index >= 15 is 0 Å². The summed E-state index contributed by atoms with van der Waals surface area (Å²) in [6.45, 7) is 0. The molecule has 0 bridgehead atoms. The van der Waals surface area contributed by atoms with Gasteiger partial charge in [0, 0.05) is 106 Å². The summed E-state index contributed by atoms with van der Waals surface area (Å²) in [5.74, 6) is 0. The third-order valence-corrected chi connectivity index (χ3v) is 27.2. The molecule has 0 saturated heterocycles.